The average Bonchev–Trinajstić information content (AvgIpc) is 2.49. The summed E-state index contributed by atoms with van der Waals surface area (Å²) in [4.78, 5) is 11.5. The van der Waals surface area contributed by atoms with Crippen molar-refractivity contribution in [2.24, 2.45) is 0 Å². The van der Waals surface area contributed by atoms with Crippen LogP contribution >= 0.6 is 22.9 Å². The maximum atomic E-state index is 11.5. The van der Waals surface area contributed by atoms with Crippen LogP contribution in [0, 0.1) is 0 Å². The Kier molecular flexibility index (Phi) is 4.62. The molecule has 2 atom stereocenters. The van der Waals surface area contributed by atoms with Crippen molar-refractivity contribution in [3.05, 3.63) is 9.47 Å². The van der Waals surface area contributed by atoms with Crippen LogP contribution in [0.3, 0.4) is 0 Å². The Bertz CT molecular complexity index is 382. The van der Waals surface area contributed by atoms with E-state index in [2.05, 4.69) is 15.5 Å². The molecule has 1 N–H and O–H groups in total. The maximum absolute atomic E-state index is 11.5. The Hall–Kier alpha value is -0.530. The summed E-state index contributed by atoms with van der Waals surface area (Å²) in [6.07, 6.45) is 1.59. The number of halogens is 1. The third kappa shape index (κ3) is 4.23. The lowest BCUT2D eigenvalue weighted by Gasteiger charge is -2.10. The van der Waals surface area contributed by atoms with Crippen LogP contribution < -0.4 is 5.32 Å². The molecule has 1 amide bonds. The van der Waals surface area contributed by atoms with Gasteiger partial charge in [0.05, 0.1) is 0 Å². The number of carbonyl (C=O) groups excluding carboxylic acids is 1. The van der Waals surface area contributed by atoms with Gasteiger partial charge in [-0.15, -0.1) is 10.2 Å². The van der Waals surface area contributed by atoms with Crippen LogP contribution in [0.25, 0.3) is 0 Å². The molecule has 0 aliphatic heterocycles. The molecule has 0 fully saturated rings. The number of amides is 1. The number of nitrogens with zero attached hydrogens (tertiary/aromatic N) is 2. The molecular weight excluding hydrogens is 258 g/mol. The van der Waals surface area contributed by atoms with Gasteiger partial charge in [-0.1, -0.05) is 11.3 Å². The summed E-state index contributed by atoms with van der Waals surface area (Å²) in [5, 5.41) is 9.99. The zero-order valence-corrected chi connectivity index (χ0v) is 10.6. The molecule has 2 unspecified atom stereocenters. The van der Waals surface area contributed by atoms with Crippen LogP contribution in [-0.2, 0) is 10.8 Å². The Morgan fingerprint density at radius 2 is 2.33 bits per heavy atom. The van der Waals surface area contributed by atoms with Crippen molar-refractivity contribution in [1.82, 2.24) is 15.5 Å². The highest BCUT2D eigenvalue weighted by Gasteiger charge is 2.14. The smallest absolute Gasteiger partial charge is 0.282 e. The molecule has 84 valence electrons. The SMILES string of the molecule is CC(CS(C)=O)NC(=O)c1nnc(Cl)s1. The van der Waals surface area contributed by atoms with Gasteiger partial charge in [0.1, 0.15) is 0 Å². The van der Waals surface area contributed by atoms with Crippen molar-refractivity contribution in [1.29, 1.82) is 0 Å². The van der Waals surface area contributed by atoms with Gasteiger partial charge < -0.3 is 5.32 Å². The first kappa shape index (κ1) is 12.5. The molecule has 0 saturated carbocycles. The molecule has 15 heavy (non-hydrogen) atoms. The second-order valence-corrected chi connectivity index (χ2v) is 6.01. The van der Waals surface area contributed by atoms with E-state index < -0.39 is 10.8 Å². The highest BCUT2D eigenvalue weighted by atomic mass is 35.5. The Balaban J connectivity index is 2.52. The predicted octanol–water partition coefficient (Wildman–Crippen LogP) is 0.688. The van der Waals surface area contributed by atoms with Gasteiger partial charge in [0.25, 0.3) is 5.91 Å². The topological polar surface area (TPSA) is 72.0 Å². The molecule has 0 spiro atoms. The van der Waals surface area contributed by atoms with E-state index in [0.717, 1.165) is 11.3 Å². The monoisotopic (exact) mass is 267 g/mol. The summed E-state index contributed by atoms with van der Waals surface area (Å²) in [5.74, 6) is 0.0792. The van der Waals surface area contributed by atoms with Crippen LogP contribution in [-0.4, -0.2) is 38.4 Å². The van der Waals surface area contributed by atoms with E-state index >= 15 is 0 Å². The van der Waals surface area contributed by atoms with E-state index in [4.69, 9.17) is 11.6 Å². The molecule has 0 radical (unpaired) electrons. The van der Waals surface area contributed by atoms with Gasteiger partial charge in [0, 0.05) is 28.9 Å². The van der Waals surface area contributed by atoms with Gasteiger partial charge in [-0.2, -0.15) is 0 Å². The summed E-state index contributed by atoms with van der Waals surface area (Å²) in [6, 6.07) is -0.161. The minimum absolute atomic E-state index is 0.161. The van der Waals surface area contributed by atoms with Crippen LogP contribution in [0.5, 0.6) is 0 Å². The first-order valence-corrected chi connectivity index (χ1v) is 7.01. The van der Waals surface area contributed by atoms with Gasteiger partial charge in [-0.25, -0.2) is 0 Å². The third-order valence-electron chi connectivity index (χ3n) is 1.46. The minimum Gasteiger partial charge on any atom is -0.347 e. The standard InChI is InChI=1S/C7H10ClN3O2S2/c1-4(3-15(2)13)9-5(12)6-10-11-7(8)14-6/h4H,3H2,1-2H3,(H,9,12). The first-order valence-electron chi connectivity index (χ1n) is 4.09. The van der Waals surface area contributed by atoms with Crippen molar-refractivity contribution in [2.75, 3.05) is 12.0 Å². The third-order valence-corrected chi connectivity index (χ3v) is 3.44. The quantitative estimate of drug-likeness (QED) is 0.871. The van der Waals surface area contributed by atoms with E-state index in [-0.39, 0.29) is 21.4 Å². The average molecular weight is 268 g/mol. The molecule has 0 aromatic carbocycles. The van der Waals surface area contributed by atoms with Crippen LogP contribution in [0.2, 0.25) is 4.47 Å². The van der Waals surface area contributed by atoms with Gasteiger partial charge in [0.15, 0.2) is 0 Å². The van der Waals surface area contributed by atoms with E-state index in [1.165, 1.54) is 0 Å². The van der Waals surface area contributed by atoms with Crippen molar-refractivity contribution in [3.63, 3.8) is 0 Å². The fourth-order valence-electron chi connectivity index (χ4n) is 0.976. The molecule has 0 saturated heterocycles. The number of hydrogen-bond acceptors (Lipinski definition) is 5. The van der Waals surface area contributed by atoms with Gasteiger partial charge in [0.2, 0.25) is 9.47 Å². The summed E-state index contributed by atoms with van der Waals surface area (Å²) in [5.41, 5.74) is 0. The molecular formula is C7H10ClN3O2S2. The Labute approximate surface area is 98.7 Å². The predicted molar refractivity (Wildman–Crippen MR) is 60.8 cm³/mol. The van der Waals surface area contributed by atoms with Gasteiger partial charge in [-0.3, -0.25) is 9.00 Å². The molecule has 1 aromatic rings. The molecule has 1 heterocycles. The van der Waals surface area contributed by atoms with Crippen LogP contribution in [0.1, 0.15) is 16.7 Å². The highest BCUT2D eigenvalue weighted by molar-refractivity contribution is 7.84. The highest BCUT2D eigenvalue weighted by Crippen LogP contribution is 2.14. The van der Waals surface area contributed by atoms with Crippen molar-refractivity contribution in [3.8, 4) is 0 Å². The van der Waals surface area contributed by atoms with E-state index in [0.29, 0.717) is 5.75 Å². The number of hydrogen-bond donors (Lipinski definition) is 1. The van der Waals surface area contributed by atoms with Crippen molar-refractivity contribution in [2.45, 2.75) is 13.0 Å². The zero-order chi connectivity index (χ0) is 11.4. The lowest BCUT2D eigenvalue weighted by Crippen LogP contribution is -2.36. The fraction of sp³-hybridized carbons (Fsp3) is 0.571. The number of rotatable bonds is 4. The Morgan fingerprint density at radius 3 is 2.80 bits per heavy atom. The van der Waals surface area contributed by atoms with E-state index in [9.17, 15) is 9.00 Å². The van der Waals surface area contributed by atoms with E-state index in [1.54, 1.807) is 13.2 Å². The fourth-order valence-corrected chi connectivity index (χ4v) is 2.50. The maximum Gasteiger partial charge on any atom is 0.282 e. The zero-order valence-electron chi connectivity index (χ0n) is 8.19. The van der Waals surface area contributed by atoms with Crippen LogP contribution in [0.15, 0.2) is 0 Å². The molecule has 5 nitrogen and oxygen atoms in total. The number of nitrogens with one attached hydrogen (secondary N) is 1. The first-order chi connectivity index (χ1) is 6.99. The minimum atomic E-state index is -0.937. The molecule has 8 heteroatoms. The van der Waals surface area contributed by atoms with Gasteiger partial charge in [-0.05, 0) is 18.5 Å². The van der Waals surface area contributed by atoms with E-state index in [1.807, 2.05) is 0 Å². The summed E-state index contributed by atoms with van der Waals surface area (Å²) < 4.78 is 11.1. The molecule has 0 aliphatic carbocycles. The van der Waals surface area contributed by atoms with Crippen molar-refractivity contribution >= 4 is 39.6 Å². The van der Waals surface area contributed by atoms with Crippen molar-refractivity contribution < 1.29 is 9.00 Å². The summed E-state index contributed by atoms with van der Waals surface area (Å²) in [6.45, 7) is 1.78. The number of carbonyl (C=O) groups is 1. The lowest BCUT2D eigenvalue weighted by atomic mass is 10.4. The molecule has 0 aliphatic rings. The molecule has 1 rings (SSSR count). The summed E-state index contributed by atoms with van der Waals surface area (Å²) >= 11 is 6.55. The Morgan fingerprint density at radius 1 is 1.67 bits per heavy atom. The lowest BCUT2D eigenvalue weighted by molar-refractivity contribution is 0.0942. The molecule has 0 bridgehead atoms. The van der Waals surface area contributed by atoms with Crippen LogP contribution in [0.4, 0.5) is 0 Å². The van der Waals surface area contributed by atoms with Gasteiger partial charge >= 0.3 is 0 Å². The largest absolute Gasteiger partial charge is 0.347 e. The molecule has 1 aromatic heterocycles. The summed E-state index contributed by atoms with van der Waals surface area (Å²) in [7, 11) is -0.937. The second kappa shape index (κ2) is 5.53. The number of aromatic nitrogens is 2. The normalized spacial score (nSPS) is 14.6. The second-order valence-electron chi connectivity index (χ2n) is 2.97.